The van der Waals surface area contributed by atoms with Crippen molar-refractivity contribution in [3.05, 3.63) is 71.1 Å². The van der Waals surface area contributed by atoms with Crippen molar-refractivity contribution in [2.75, 3.05) is 13.7 Å². The fourth-order valence-corrected chi connectivity index (χ4v) is 4.30. The Morgan fingerprint density at radius 2 is 1.87 bits per heavy atom. The lowest BCUT2D eigenvalue weighted by Crippen LogP contribution is -2.26. The molecule has 0 bridgehead atoms. The first-order chi connectivity index (χ1) is 14.7. The minimum atomic E-state index is -3.81. The molecule has 31 heavy (non-hydrogen) atoms. The molecule has 0 saturated heterocycles. The maximum atomic E-state index is 12.8. The molecule has 1 aromatic heterocycles. The number of sulfonamides is 1. The largest absolute Gasteiger partial charge is 0.465 e. The molecule has 7 nitrogen and oxygen atoms in total. The third-order valence-electron chi connectivity index (χ3n) is 4.93. The van der Waals surface area contributed by atoms with E-state index in [0.29, 0.717) is 23.8 Å². The van der Waals surface area contributed by atoms with Crippen LogP contribution in [0.25, 0.3) is 11.5 Å². The SMILES string of the molecule is COC(=O)c1cc(S(=O)(=O)NCCc2nc(-c3ccccc3)oc2C)ccc1C(C)C. The molecule has 3 rings (SSSR count). The lowest BCUT2D eigenvalue weighted by atomic mass is 9.97. The fourth-order valence-electron chi connectivity index (χ4n) is 3.24. The average molecular weight is 443 g/mol. The summed E-state index contributed by atoms with van der Waals surface area (Å²) in [5.41, 5.74) is 2.53. The molecule has 0 spiro atoms. The first-order valence-electron chi connectivity index (χ1n) is 9.96. The zero-order valence-corrected chi connectivity index (χ0v) is 18.8. The Morgan fingerprint density at radius 3 is 2.52 bits per heavy atom. The second-order valence-corrected chi connectivity index (χ2v) is 9.20. The van der Waals surface area contributed by atoms with Crippen LogP contribution in [-0.4, -0.2) is 33.0 Å². The lowest BCUT2D eigenvalue weighted by Gasteiger charge is -2.13. The summed E-state index contributed by atoms with van der Waals surface area (Å²) in [5, 5.41) is 0. The van der Waals surface area contributed by atoms with Crippen molar-refractivity contribution in [2.45, 2.75) is 38.0 Å². The van der Waals surface area contributed by atoms with E-state index in [1.807, 2.05) is 44.2 Å². The van der Waals surface area contributed by atoms with Gasteiger partial charge in [0, 0.05) is 18.5 Å². The van der Waals surface area contributed by atoms with E-state index < -0.39 is 16.0 Å². The van der Waals surface area contributed by atoms with Gasteiger partial charge in [-0.15, -0.1) is 0 Å². The van der Waals surface area contributed by atoms with Gasteiger partial charge >= 0.3 is 5.97 Å². The van der Waals surface area contributed by atoms with Crippen molar-refractivity contribution >= 4 is 16.0 Å². The number of aryl methyl sites for hydroxylation is 1. The molecule has 0 amide bonds. The molecule has 2 aromatic carbocycles. The first-order valence-corrected chi connectivity index (χ1v) is 11.4. The molecule has 0 radical (unpaired) electrons. The summed E-state index contributed by atoms with van der Waals surface area (Å²) in [7, 11) is -2.54. The Bertz CT molecular complexity index is 1170. The van der Waals surface area contributed by atoms with Crippen molar-refractivity contribution < 1.29 is 22.4 Å². The summed E-state index contributed by atoms with van der Waals surface area (Å²) >= 11 is 0. The summed E-state index contributed by atoms with van der Waals surface area (Å²) in [6.45, 7) is 5.80. The molecule has 8 heteroatoms. The Balaban J connectivity index is 1.74. The highest BCUT2D eigenvalue weighted by atomic mass is 32.2. The molecular formula is C23H26N2O5S. The van der Waals surface area contributed by atoms with Crippen LogP contribution in [-0.2, 0) is 21.2 Å². The second-order valence-electron chi connectivity index (χ2n) is 7.43. The average Bonchev–Trinajstić information content (AvgIpc) is 3.13. The first kappa shape index (κ1) is 22.7. The van der Waals surface area contributed by atoms with Crippen LogP contribution in [0, 0.1) is 6.92 Å². The predicted molar refractivity (Wildman–Crippen MR) is 117 cm³/mol. The number of methoxy groups -OCH3 is 1. The smallest absolute Gasteiger partial charge is 0.338 e. The Morgan fingerprint density at radius 1 is 1.16 bits per heavy atom. The number of hydrogen-bond acceptors (Lipinski definition) is 6. The third kappa shape index (κ3) is 5.21. The van der Waals surface area contributed by atoms with E-state index in [2.05, 4.69) is 9.71 Å². The number of ether oxygens (including phenoxy) is 1. The Hall–Kier alpha value is -2.97. The van der Waals surface area contributed by atoms with Gasteiger partial charge in [-0.2, -0.15) is 0 Å². The van der Waals surface area contributed by atoms with Crippen molar-refractivity contribution in [3.63, 3.8) is 0 Å². The number of nitrogens with one attached hydrogen (secondary N) is 1. The molecule has 0 aliphatic heterocycles. The van der Waals surface area contributed by atoms with Crippen molar-refractivity contribution in [1.29, 1.82) is 0 Å². The van der Waals surface area contributed by atoms with Crippen LogP contribution in [0.1, 0.15) is 47.1 Å². The molecule has 0 fully saturated rings. The van der Waals surface area contributed by atoms with E-state index in [1.165, 1.54) is 19.2 Å². The quantitative estimate of drug-likeness (QED) is 0.528. The van der Waals surface area contributed by atoms with Gasteiger partial charge in [-0.3, -0.25) is 0 Å². The van der Waals surface area contributed by atoms with Gasteiger partial charge < -0.3 is 9.15 Å². The van der Waals surface area contributed by atoms with Crippen LogP contribution in [0.3, 0.4) is 0 Å². The molecule has 0 saturated carbocycles. The number of esters is 1. The summed E-state index contributed by atoms with van der Waals surface area (Å²) in [4.78, 5) is 16.6. The topological polar surface area (TPSA) is 98.5 Å². The number of carbonyl (C=O) groups is 1. The zero-order chi connectivity index (χ0) is 22.6. The Kier molecular flexibility index (Phi) is 6.92. The number of aromatic nitrogens is 1. The highest BCUT2D eigenvalue weighted by Crippen LogP contribution is 2.24. The number of nitrogens with zero attached hydrogens (tertiary/aromatic N) is 1. The number of carbonyl (C=O) groups excluding carboxylic acids is 1. The number of hydrogen-bond donors (Lipinski definition) is 1. The minimum Gasteiger partial charge on any atom is -0.465 e. The molecule has 0 aliphatic rings. The fraction of sp³-hybridized carbons (Fsp3) is 0.304. The van der Waals surface area contributed by atoms with Crippen LogP contribution in [0.5, 0.6) is 0 Å². The monoisotopic (exact) mass is 442 g/mol. The molecule has 3 aromatic rings. The van der Waals surface area contributed by atoms with Crippen LogP contribution in [0.15, 0.2) is 57.8 Å². The van der Waals surface area contributed by atoms with Crippen molar-refractivity contribution in [2.24, 2.45) is 0 Å². The van der Waals surface area contributed by atoms with E-state index >= 15 is 0 Å². The summed E-state index contributed by atoms with van der Waals surface area (Å²) < 4.78 is 38.6. The molecular weight excluding hydrogens is 416 g/mol. The predicted octanol–water partition coefficient (Wildman–Crippen LogP) is 4.08. The number of rotatable bonds is 8. The van der Waals surface area contributed by atoms with E-state index in [4.69, 9.17) is 9.15 Å². The Labute approximate surface area is 182 Å². The van der Waals surface area contributed by atoms with Gasteiger partial charge in [-0.1, -0.05) is 38.1 Å². The van der Waals surface area contributed by atoms with Gasteiger partial charge in [0.2, 0.25) is 15.9 Å². The molecule has 0 unspecified atom stereocenters. The van der Waals surface area contributed by atoms with Gasteiger partial charge in [-0.25, -0.2) is 22.9 Å². The normalized spacial score (nSPS) is 11.6. The highest BCUT2D eigenvalue weighted by Gasteiger charge is 2.21. The van der Waals surface area contributed by atoms with Gasteiger partial charge in [0.25, 0.3) is 0 Å². The van der Waals surface area contributed by atoms with Gasteiger partial charge in [0.1, 0.15) is 5.76 Å². The van der Waals surface area contributed by atoms with Crippen molar-refractivity contribution in [1.82, 2.24) is 9.71 Å². The molecule has 164 valence electrons. The van der Waals surface area contributed by atoms with Crippen molar-refractivity contribution in [3.8, 4) is 11.5 Å². The second kappa shape index (κ2) is 9.45. The standard InChI is InChI=1S/C23H26N2O5S/c1-15(2)19-11-10-18(14-20(19)23(26)29-4)31(27,28)24-13-12-21-16(3)30-22(25-21)17-8-6-5-7-9-17/h5-11,14-15,24H,12-13H2,1-4H3. The van der Waals surface area contributed by atoms with Crippen LogP contribution in [0.2, 0.25) is 0 Å². The van der Waals surface area contributed by atoms with Crippen LogP contribution in [0.4, 0.5) is 0 Å². The maximum Gasteiger partial charge on any atom is 0.338 e. The number of oxazole rings is 1. The summed E-state index contributed by atoms with van der Waals surface area (Å²) in [6, 6.07) is 14.0. The van der Waals surface area contributed by atoms with Gasteiger partial charge in [0.15, 0.2) is 0 Å². The van der Waals surface area contributed by atoms with E-state index in [9.17, 15) is 13.2 Å². The van der Waals surface area contributed by atoms with E-state index in [0.717, 1.165) is 11.1 Å². The van der Waals surface area contributed by atoms with Gasteiger partial charge in [0.05, 0.1) is 23.3 Å². The van der Waals surface area contributed by atoms with Crippen LogP contribution >= 0.6 is 0 Å². The number of benzene rings is 2. The third-order valence-corrected chi connectivity index (χ3v) is 6.39. The molecule has 0 atom stereocenters. The van der Waals surface area contributed by atoms with Gasteiger partial charge in [-0.05, 0) is 42.7 Å². The summed E-state index contributed by atoms with van der Waals surface area (Å²) in [5.74, 6) is 0.635. The lowest BCUT2D eigenvalue weighted by molar-refractivity contribution is 0.0598. The molecule has 0 aliphatic carbocycles. The molecule has 1 N–H and O–H groups in total. The summed E-state index contributed by atoms with van der Waals surface area (Å²) in [6.07, 6.45) is 0.370. The van der Waals surface area contributed by atoms with E-state index in [1.54, 1.807) is 13.0 Å². The zero-order valence-electron chi connectivity index (χ0n) is 18.0. The van der Waals surface area contributed by atoms with E-state index in [-0.39, 0.29) is 22.9 Å². The molecule has 1 heterocycles. The maximum absolute atomic E-state index is 12.8. The van der Waals surface area contributed by atoms with Crippen LogP contribution < -0.4 is 4.72 Å². The highest BCUT2D eigenvalue weighted by molar-refractivity contribution is 7.89. The minimum absolute atomic E-state index is 0.0131.